The van der Waals surface area contributed by atoms with Gasteiger partial charge in [-0.1, -0.05) is 56.5 Å². The largest absolute Gasteiger partial charge is 0.490 e. The summed E-state index contributed by atoms with van der Waals surface area (Å²) in [5.41, 5.74) is 0.919. The van der Waals surface area contributed by atoms with E-state index in [-0.39, 0.29) is 5.76 Å². The number of rotatable bonds is 8. The van der Waals surface area contributed by atoms with E-state index >= 15 is 0 Å². The van der Waals surface area contributed by atoms with Gasteiger partial charge in [0.15, 0.2) is 0 Å². The third-order valence-electron chi connectivity index (χ3n) is 2.75. The van der Waals surface area contributed by atoms with E-state index in [2.05, 4.69) is 6.92 Å². The SMILES string of the molecule is CCCCCCOC(=O)C(=Cc1ccccc1)OC. The first-order valence-corrected chi connectivity index (χ1v) is 6.75. The Morgan fingerprint density at radius 2 is 1.89 bits per heavy atom. The van der Waals surface area contributed by atoms with Crippen LogP contribution >= 0.6 is 0 Å². The zero-order valence-corrected chi connectivity index (χ0v) is 11.7. The van der Waals surface area contributed by atoms with Crippen molar-refractivity contribution in [3.63, 3.8) is 0 Å². The smallest absolute Gasteiger partial charge is 0.373 e. The molecule has 0 heterocycles. The van der Waals surface area contributed by atoms with Gasteiger partial charge in [-0.3, -0.25) is 0 Å². The summed E-state index contributed by atoms with van der Waals surface area (Å²) in [6.07, 6.45) is 6.03. The minimum absolute atomic E-state index is 0.238. The molecule has 0 atom stereocenters. The Morgan fingerprint density at radius 1 is 1.16 bits per heavy atom. The first kappa shape index (κ1) is 15.3. The van der Waals surface area contributed by atoms with Gasteiger partial charge < -0.3 is 9.47 Å². The summed E-state index contributed by atoms with van der Waals surface area (Å²) in [5.74, 6) is -0.162. The maximum atomic E-state index is 11.8. The van der Waals surface area contributed by atoms with Crippen molar-refractivity contribution < 1.29 is 14.3 Å². The number of benzene rings is 1. The van der Waals surface area contributed by atoms with Gasteiger partial charge in [0.05, 0.1) is 13.7 Å². The lowest BCUT2D eigenvalue weighted by Crippen LogP contribution is -2.10. The van der Waals surface area contributed by atoms with Crippen molar-refractivity contribution in [1.29, 1.82) is 0 Å². The number of hydrogen-bond donors (Lipinski definition) is 0. The highest BCUT2D eigenvalue weighted by atomic mass is 16.6. The average molecular weight is 262 g/mol. The van der Waals surface area contributed by atoms with Crippen LogP contribution in [0.25, 0.3) is 6.08 Å². The Bertz CT molecular complexity index is 396. The molecule has 1 aromatic rings. The molecule has 104 valence electrons. The normalized spacial score (nSPS) is 11.2. The molecule has 19 heavy (non-hydrogen) atoms. The zero-order valence-electron chi connectivity index (χ0n) is 11.7. The lowest BCUT2D eigenvalue weighted by atomic mass is 10.2. The Hall–Kier alpha value is -1.77. The molecule has 0 saturated carbocycles. The summed E-state index contributed by atoms with van der Waals surface area (Å²) in [7, 11) is 1.48. The monoisotopic (exact) mass is 262 g/mol. The summed E-state index contributed by atoms with van der Waals surface area (Å²) in [5, 5.41) is 0. The average Bonchev–Trinajstić information content (AvgIpc) is 2.45. The van der Waals surface area contributed by atoms with Crippen LogP contribution in [-0.2, 0) is 14.3 Å². The predicted octanol–water partition coefficient (Wildman–Crippen LogP) is 3.80. The number of esters is 1. The molecule has 0 saturated heterocycles. The lowest BCUT2D eigenvalue weighted by Gasteiger charge is -2.07. The van der Waals surface area contributed by atoms with Crippen LogP contribution < -0.4 is 0 Å². The second-order valence-electron chi connectivity index (χ2n) is 4.32. The number of ether oxygens (including phenoxy) is 2. The molecular weight excluding hydrogens is 240 g/mol. The molecule has 0 spiro atoms. The second kappa shape index (κ2) is 9.20. The molecule has 0 fully saturated rings. The molecule has 0 bridgehead atoms. The maximum Gasteiger partial charge on any atom is 0.373 e. The van der Waals surface area contributed by atoms with Gasteiger partial charge in [0.25, 0.3) is 0 Å². The van der Waals surface area contributed by atoms with Crippen molar-refractivity contribution >= 4 is 12.0 Å². The van der Waals surface area contributed by atoms with Crippen LogP contribution in [0.4, 0.5) is 0 Å². The highest BCUT2D eigenvalue weighted by Crippen LogP contribution is 2.09. The van der Waals surface area contributed by atoms with Gasteiger partial charge in [-0.25, -0.2) is 4.79 Å². The summed E-state index contributed by atoms with van der Waals surface area (Å²) in [6, 6.07) is 9.57. The van der Waals surface area contributed by atoms with Crippen molar-refractivity contribution in [2.24, 2.45) is 0 Å². The number of unbranched alkanes of at least 4 members (excludes halogenated alkanes) is 3. The van der Waals surface area contributed by atoms with Gasteiger partial charge in [-0.05, 0) is 18.1 Å². The summed E-state index contributed by atoms with van der Waals surface area (Å²) >= 11 is 0. The summed E-state index contributed by atoms with van der Waals surface area (Å²) in [4.78, 5) is 11.8. The Labute approximate surface area is 115 Å². The fraction of sp³-hybridized carbons (Fsp3) is 0.438. The lowest BCUT2D eigenvalue weighted by molar-refractivity contribution is -0.142. The fourth-order valence-corrected chi connectivity index (χ4v) is 1.67. The fourth-order valence-electron chi connectivity index (χ4n) is 1.67. The molecular formula is C16H22O3. The highest BCUT2D eigenvalue weighted by Gasteiger charge is 2.11. The Balaban J connectivity index is 2.46. The molecule has 0 N–H and O–H groups in total. The van der Waals surface area contributed by atoms with Crippen LogP contribution in [0.2, 0.25) is 0 Å². The van der Waals surface area contributed by atoms with Gasteiger partial charge in [0.2, 0.25) is 5.76 Å². The Morgan fingerprint density at radius 3 is 2.53 bits per heavy atom. The van der Waals surface area contributed by atoms with E-state index in [1.165, 1.54) is 20.0 Å². The van der Waals surface area contributed by atoms with Gasteiger partial charge >= 0.3 is 5.97 Å². The topological polar surface area (TPSA) is 35.5 Å². The van der Waals surface area contributed by atoms with E-state index in [0.717, 1.165) is 18.4 Å². The number of carbonyl (C=O) groups is 1. The molecule has 0 amide bonds. The third kappa shape index (κ3) is 6.09. The van der Waals surface area contributed by atoms with E-state index in [1.54, 1.807) is 6.08 Å². The van der Waals surface area contributed by atoms with Gasteiger partial charge in [-0.15, -0.1) is 0 Å². The highest BCUT2D eigenvalue weighted by molar-refractivity contribution is 5.91. The molecule has 0 aliphatic rings. The van der Waals surface area contributed by atoms with Gasteiger partial charge in [0.1, 0.15) is 0 Å². The number of carbonyl (C=O) groups excluding carboxylic acids is 1. The first-order chi connectivity index (χ1) is 9.27. The first-order valence-electron chi connectivity index (χ1n) is 6.75. The van der Waals surface area contributed by atoms with Crippen molar-refractivity contribution in [2.45, 2.75) is 32.6 Å². The zero-order chi connectivity index (χ0) is 13.9. The van der Waals surface area contributed by atoms with E-state index in [9.17, 15) is 4.79 Å². The standard InChI is InChI=1S/C16H22O3/c1-3-4-5-9-12-19-16(17)15(18-2)13-14-10-7-6-8-11-14/h6-8,10-11,13H,3-5,9,12H2,1-2H3. The molecule has 0 unspecified atom stereocenters. The van der Waals surface area contributed by atoms with Gasteiger partial charge in [0, 0.05) is 0 Å². The van der Waals surface area contributed by atoms with Crippen molar-refractivity contribution in [3.8, 4) is 0 Å². The number of methoxy groups -OCH3 is 1. The summed E-state index contributed by atoms with van der Waals surface area (Å²) < 4.78 is 10.3. The molecule has 1 aromatic carbocycles. The van der Waals surface area contributed by atoms with Gasteiger partial charge in [-0.2, -0.15) is 0 Å². The molecule has 0 aliphatic carbocycles. The quantitative estimate of drug-likeness (QED) is 0.309. The van der Waals surface area contributed by atoms with E-state index in [0.29, 0.717) is 6.61 Å². The van der Waals surface area contributed by atoms with Crippen LogP contribution in [0.5, 0.6) is 0 Å². The van der Waals surface area contributed by atoms with E-state index in [1.807, 2.05) is 30.3 Å². The van der Waals surface area contributed by atoms with Crippen molar-refractivity contribution in [2.75, 3.05) is 13.7 Å². The van der Waals surface area contributed by atoms with Crippen LogP contribution in [0.15, 0.2) is 36.1 Å². The number of hydrogen-bond acceptors (Lipinski definition) is 3. The second-order valence-corrected chi connectivity index (χ2v) is 4.32. The van der Waals surface area contributed by atoms with Crippen LogP contribution in [0.3, 0.4) is 0 Å². The van der Waals surface area contributed by atoms with Crippen molar-refractivity contribution in [1.82, 2.24) is 0 Å². The minimum Gasteiger partial charge on any atom is -0.490 e. The molecule has 1 rings (SSSR count). The van der Waals surface area contributed by atoms with E-state index < -0.39 is 5.97 Å². The molecule has 3 heteroatoms. The molecule has 0 radical (unpaired) electrons. The van der Waals surface area contributed by atoms with Crippen molar-refractivity contribution in [3.05, 3.63) is 41.7 Å². The summed E-state index contributed by atoms with van der Waals surface area (Å²) in [6.45, 7) is 2.60. The molecule has 0 aliphatic heterocycles. The predicted molar refractivity (Wildman–Crippen MR) is 76.5 cm³/mol. The third-order valence-corrected chi connectivity index (χ3v) is 2.75. The minimum atomic E-state index is -0.400. The van der Waals surface area contributed by atoms with Crippen LogP contribution in [-0.4, -0.2) is 19.7 Å². The molecule has 0 aromatic heterocycles. The van der Waals surface area contributed by atoms with E-state index in [4.69, 9.17) is 9.47 Å². The van der Waals surface area contributed by atoms with Crippen LogP contribution in [0, 0.1) is 0 Å². The molecule has 3 nitrogen and oxygen atoms in total. The van der Waals surface area contributed by atoms with Crippen LogP contribution in [0.1, 0.15) is 38.2 Å². The Kier molecular flexibility index (Phi) is 7.40. The maximum absolute atomic E-state index is 11.8.